The molecule has 0 bridgehead atoms. The van der Waals surface area contributed by atoms with Gasteiger partial charge in [-0.25, -0.2) is 4.39 Å². The van der Waals surface area contributed by atoms with E-state index in [9.17, 15) is 4.39 Å². The van der Waals surface area contributed by atoms with Crippen LogP contribution < -0.4 is 10.6 Å². The van der Waals surface area contributed by atoms with Crippen molar-refractivity contribution >= 4 is 41.3 Å². The first-order valence-corrected chi connectivity index (χ1v) is 9.60. The van der Waals surface area contributed by atoms with Crippen LogP contribution in [0.15, 0.2) is 40.7 Å². The molecule has 26 heavy (non-hydrogen) atoms. The topological polar surface area (TPSA) is 39.7 Å². The Bertz CT molecular complexity index is 719. The van der Waals surface area contributed by atoms with Gasteiger partial charge in [-0.05, 0) is 41.5 Å². The predicted octanol–water partition coefficient (Wildman–Crippen LogP) is 3.27. The maximum absolute atomic E-state index is 13.6. The molecule has 4 nitrogen and oxygen atoms in total. The van der Waals surface area contributed by atoms with Crippen LogP contribution in [0.25, 0.3) is 0 Å². The van der Waals surface area contributed by atoms with E-state index in [4.69, 9.17) is 0 Å². The van der Waals surface area contributed by atoms with Crippen LogP contribution >= 0.6 is 35.3 Å². The number of hydrogen-bond acceptors (Lipinski definition) is 3. The third-order valence-corrected chi connectivity index (χ3v) is 5.50. The molecule has 1 aromatic heterocycles. The number of nitrogens with one attached hydrogen (secondary N) is 2. The summed E-state index contributed by atoms with van der Waals surface area (Å²) < 4.78 is 13.6. The molecule has 7 heteroatoms. The van der Waals surface area contributed by atoms with Gasteiger partial charge in [-0.1, -0.05) is 18.2 Å². The van der Waals surface area contributed by atoms with Crippen molar-refractivity contribution in [2.24, 2.45) is 4.99 Å². The van der Waals surface area contributed by atoms with Gasteiger partial charge in [0.1, 0.15) is 5.82 Å². The number of thiophene rings is 1. The lowest BCUT2D eigenvalue weighted by Gasteiger charge is -2.27. The molecule has 1 aromatic carbocycles. The van der Waals surface area contributed by atoms with E-state index in [0.29, 0.717) is 13.0 Å². The lowest BCUT2D eigenvalue weighted by atomic mass is 10.1. The number of aliphatic imine (C=N–C) groups is 1. The fourth-order valence-corrected chi connectivity index (χ4v) is 3.96. The smallest absolute Gasteiger partial charge is 0.191 e. The highest BCUT2D eigenvalue weighted by atomic mass is 127. The quantitative estimate of drug-likeness (QED) is 0.373. The molecule has 0 saturated carbocycles. The Labute approximate surface area is 175 Å². The SMILES string of the molecule is CN=C(NCCc1ccccc1F)NCCN1CCc2sccc2C1.I. The van der Waals surface area contributed by atoms with E-state index in [-0.39, 0.29) is 29.8 Å². The van der Waals surface area contributed by atoms with Crippen molar-refractivity contribution in [3.63, 3.8) is 0 Å². The van der Waals surface area contributed by atoms with Crippen molar-refractivity contribution in [1.29, 1.82) is 0 Å². The van der Waals surface area contributed by atoms with Crippen LogP contribution in [0.3, 0.4) is 0 Å². The number of halogens is 2. The van der Waals surface area contributed by atoms with Crippen LogP contribution in [0.2, 0.25) is 0 Å². The summed E-state index contributed by atoms with van der Waals surface area (Å²) in [5.74, 6) is 0.620. The number of nitrogens with zero attached hydrogens (tertiary/aromatic N) is 2. The molecule has 0 radical (unpaired) electrons. The molecule has 0 fully saturated rings. The second-order valence-electron chi connectivity index (χ2n) is 6.16. The van der Waals surface area contributed by atoms with Gasteiger partial charge >= 0.3 is 0 Å². The summed E-state index contributed by atoms with van der Waals surface area (Å²) in [6, 6.07) is 9.14. The van der Waals surface area contributed by atoms with Crippen molar-refractivity contribution in [2.75, 3.05) is 33.2 Å². The van der Waals surface area contributed by atoms with Gasteiger partial charge in [0.15, 0.2) is 5.96 Å². The summed E-state index contributed by atoms with van der Waals surface area (Å²) in [7, 11) is 1.76. The lowest BCUT2D eigenvalue weighted by Crippen LogP contribution is -2.43. The van der Waals surface area contributed by atoms with Gasteiger partial charge in [0.25, 0.3) is 0 Å². The molecule has 3 rings (SSSR count). The summed E-state index contributed by atoms with van der Waals surface area (Å²) in [5.41, 5.74) is 2.20. The van der Waals surface area contributed by atoms with Crippen LogP contribution in [0.1, 0.15) is 16.0 Å². The summed E-state index contributed by atoms with van der Waals surface area (Å²) in [6.45, 7) is 4.65. The molecule has 2 heterocycles. The Morgan fingerprint density at radius 3 is 2.85 bits per heavy atom. The second-order valence-corrected chi connectivity index (χ2v) is 7.16. The third-order valence-electron chi connectivity index (χ3n) is 4.48. The minimum absolute atomic E-state index is 0. The zero-order valence-corrected chi connectivity index (χ0v) is 18.1. The second kappa shape index (κ2) is 10.8. The summed E-state index contributed by atoms with van der Waals surface area (Å²) in [5, 5.41) is 8.78. The van der Waals surface area contributed by atoms with E-state index >= 15 is 0 Å². The molecular weight excluding hydrogens is 462 g/mol. The number of rotatable bonds is 6. The largest absolute Gasteiger partial charge is 0.356 e. The van der Waals surface area contributed by atoms with Gasteiger partial charge in [0.2, 0.25) is 0 Å². The maximum Gasteiger partial charge on any atom is 0.191 e. The van der Waals surface area contributed by atoms with E-state index < -0.39 is 0 Å². The fourth-order valence-electron chi connectivity index (χ4n) is 3.07. The van der Waals surface area contributed by atoms with Crippen molar-refractivity contribution in [2.45, 2.75) is 19.4 Å². The van der Waals surface area contributed by atoms with Gasteiger partial charge < -0.3 is 10.6 Å². The first kappa shape index (κ1) is 21.1. The molecule has 1 aliphatic heterocycles. The van der Waals surface area contributed by atoms with Gasteiger partial charge in [-0.15, -0.1) is 35.3 Å². The molecule has 0 aliphatic carbocycles. The summed E-state index contributed by atoms with van der Waals surface area (Å²) >= 11 is 1.87. The van der Waals surface area contributed by atoms with Crippen molar-refractivity contribution in [1.82, 2.24) is 15.5 Å². The van der Waals surface area contributed by atoms with Crippen LogP contribution in [-0.2, 0) is 19.4 Å². The van der Waals surface area contributed by atoms with E-state index in [1.807, 2.05) is 23.5 Å². The molecular formula is C19H26FIN4S. The molecule has 142 valence electrons. The number of hydrogen-bond donors (Lipinski definition) is 2. The Kier molecular flexibility index (Phi) is 8.80. The van der Waals surface area contributed by atoms with Crippen LogP contribution in [0.5, 0.6) is 0 Å². The van der Waals surface area contributed by atoms with Gasteiger partial charge in [0, 0.05) is 44.6 Å². The highest BCUT2D eigenvalue weighted by Crippen LogP contribution is 2.23. The summed E-state index contributed by atoms with van der Waals surface area (Å²) in [4.78, 5) is 8.24. The zero-order chi connectivity index (χ0) is 17.5. The van der Waals surface area contributed by atoms with Crippen molar-refractivity contribution in [3.8, 4) is 0 Å². The standard InChI is InChI=1S/C19H25FN4S.HI/c1-21-19(22-9-6-15-4-2-3-5-17(15)20)23-10-12-24-11-7-18-16(14-24)8-13-25-18;/h2-5,8,13H,6-7,9-12,14H2,1H3,(H2,21,22,23);1H. The number of benzene rings is 1. The third kappa shape index (κ3) is 5.92. The number of guanidine groups is 1. The number of fused-ring (bicyclic) bond motifs is 1. The van der Waals surface area contributed by atoms with E-state index in [0.717, 1.165) is 44.1 Å². The average molecular weight is 488 g/mol. The fraction of sp³-hybridized carbons (Fsp3) is 0.421. The molecule has 1 aliphatic rings. The van der Waals surface area contributed by atoms with Crippen LogP contribution in [-0.4, -0.2) is 44.1 Å². The van der Waals surface area contributed by atoms with E-state index in [2.05, 4.69) is 32.0 Å². The molecule has 0 atom stereocenters. The minimum atomic E-state index is -0.148. The zero-order valence-electron chi connectivity index (χ0n) is 15.0. The Morgan fingerprint density at radius 2 is 2.04 bits per heavy atom. The van der Waals surface area contributed by atoms with Gasteiger partial charge in [-0.3, -0.25) is 9.89 Å². The first-order valence-electron chi connectivity index (χ1n) is 8.72. The Balaban J connectivity index is 0.00000243. The maximum atomic E-state index is 13.6. The van der Waals surface area contributed by atoms with Crippen LogP contribution in [0, 0.1) is 5.82 Å². The molecule has 2 N–H and O–H groups in total. The highest BCUT2D eigenvalue weighted by molar-refractivity contribution is 14.0. The molecule has 0 saturated heterocycles. The Hall–Kier alpha value is -1.19. The normalized spacial score (nSPS) is 14.5. The average Bonchev–Trinajstić information content (AvgIpc) is 3.09. The predicted molar refractivity (Wildman–Crippen MR) is 118 cm³/mol. The van der Waals surface area contributed by atoms with Gasteiger partial charge in [-0.2, -0.15) is 0 Å². The Morgan fingerprint density at radius 1 is 1.23 bits per heavy atom. The van der Waals surface area contributed by atoms with Crippen LogP contribution in [0.4, 0.5) is 4.39 Å². The highest BCUT2D eigenvalue weighted by Gasteiger charge is 2.16. The van der Waals surface area contributed by atoms with E-state index in [1.165, 1.54) is 16.5 Å². The van der Waals surface area contributed by atoms with Gasteiger partial charge in [0.05, 0.1) is 0 Å². The molecule has 0 amide bonds. The van der Waals surface area contributed by atoms with Crippen molar-refractivity contribution in [3.05, 3.63) is 57.5 Å². The molecule has 2 aromatic rings. The van der Waals surface area contributed by atoms with Crippen molar-refractivity contribution < 1.29 is 4.39 Å². The monoisotopic (exact) mass is 488 g/mol. The lowest BCUT2D eigenvalue weighted by molar-refractivity contribution is 0.260. The molecule has 0 unspecified atom stereocenters. The molecule has 0 spiro atoms. The summed E-state index contributed by atoms with van der Waals surface area (Å²) in [6.07, 6.45) is 1.79. The first-order chi connectivity index (χ1) is 12.3. The van der Waals surface area contributed by atoms with E-state index in [1.54, 1.807) is 13.1 Å². The minimum Gasteiger partial charge on any atom is -0.356 e.